The number of hydrogen-bond donors (Lipinski definition) is 1. The normalized spacial score (nSPS) is 10.8. The summed E-state index contributed by atoms with van der Waals surface area (Å²) in [5.74, 6) is -0.130. The number of carbonyl (C=O) groups is 1. The van der Waals surface area contributed by atoms with Crippen molar-refractivity contribution >= 4 is 44.9 Å². The molecule has 0 radical (unpaired) electrons. The molecule has 2 nitrogen and oxygen atoms in total. The van der Waals surface area contributed by atoms with E-state index in [1.807, 2.05) is 48.7 Å². The first kappa shape index (κ1) is 13.1. The third-order valence-electron chi connectivity index (χ3n) is 2.39. The topological polar surface area (TPSA) is 29.1 Å². The van der Waals surface area contributed by atoms with Crippen LogP contribution in [0.25, 0.3) is 6.08 Å². The van der Waals surface area contributed by atoms with Crippen LogP contribution in [0.15, 0.2) is 46.3 Å². The molecule has 0 bridgehead atoms. The Balaban J connectivity index is 2.05. The summed E-state index contributed by atoms with van der Waals surface area (Å²) < 4.78 is 0.919. The first-order valence-electron chi connectivity index (χ1n) is 5.44. The Bertz CT molecular complexity index is 575. The van der Waals surface area contributed by atoms with E-state index in [-0.39, 0.29) is 5.91 Å². The van der Waals surface area contributed by atoms with Gasteiger partial charge in [-0.1, -0.05) is 18.2 Å². The summed E-state index contributed by atoms with van der Waals surface area (Å²) >= 11 is 5.06. The van der Waals surface area contributed by atoms with Gasteiger partial charge in [-0.3, -0.25) is 4.79 Å². The van der Waals surface area contributed by atoms with Crippen molar-refractivity contribution < 1.29 is 4.79 Å². The van der Waals surface area contributed by atoms with Gasteiger partial charge in [-0.15, -0.1) is 11.3 Å². The van der Waals surface area contributed by atoms with Crippen LogP contribution in [0.4, 0.5) is 5.69 Å². The van der Waals surface area contributed by atoms with Gasteiger partial charge in [0.05, 0.1) is 5.69 Å². The number of anilines is 1. The van der Waals surface area contributed by atoms with E-state index in [0.29, 0.717) is 0 Å². The van der Waals surface area contributed by atoms with Crippen molar-refractivity contribution in [2.24, 2.45) is 0 Å². The number of benzene rings is 1. The molecule has 4 heteroatoms. The molecule has 0 unspecified atom stereocenters. The Hall–Kier alpha value is -1.39. The fourth-order valence-corrected chi connectivity index (χ4v) is 2.44. The average Bonchev–Trinajstić information content (AvgIpc) is 2.86. The van der Waals surface area contributed by atoms with E-state index in [2.05, 4.69) is 21.2 Å². The van der Waals surface area contributed by atoms with Crippen LogP contribution in [0.2, 0.25) is 0 Å². The summed E-state index contributed by atoms with van der Waals surface area (Å²) in [5, 5.41) is 4.83. The fourth-order valence-electron chi connectivity index (χ4n) is 1.46. The van der Waals surface area contributed by atoms with E-state index < -0.39 is 0 Å². The van der Waals surface area contributed by atoms with Crippen LogP contribution in [-0.4, -0.2) is 5.91 Å². The molecule has 0 saturated carbocycles. The minimum atomic E-state index is -0.130. The third-order valence-corrected chi connectivity index (χ3v) is 4.28. The number of carbonyl (C=O) groups excluding carboxylic acids is 1. The lowest BCUT2D eigenvalue weighted by atomic mass is 10.2. The molecule has 0 aliphatic heterocycles. The van der Waals surface area contributed by atoms with Crippen molar-refractivity contribution in [3.05, 3.63) is 56.7 Å². The van der Waals surface area contributed by atoms with Gasteiger partial charge in [-0.05, 0) is 52.0 Å². The molecule has 1 N–H and O–H groups in total. The smallest absolute Gasteiger partial charge is 0.248 e. The molecule has 0 atom stereocenters. The minimum absolute atomic E-state index is 0.130. The zero-order valence-corrected chi connectivity index (χ0v) is 12.2. The van der Waals surface area contributed by atoms with Gasteiger partial charge in [0.2, 0.25) is 5.91 Å². The number of amides is 1. The minimum Gasteiger partial charge on any atom is -0.321 e. The van der Waals surface area contributed by atoms with Crippen LogP contribution in [-0.2, 0) is 4.79 Å². The largest absolute Gasteiger partial charge is 0.321 e. The van der Waals surface area contributed by atoms with E-state index in [0.717, 1.165) is 20.6 Å². The highest BCUT2D eigenvalue weighted by molar-refractivity contribution is 9.10. The van der Waals surface area contributed by atoms with Gasteiger partial charge in [0.1, 0.15) is 0 Å². The third kappa shape index (κ3) is 3.31. The molecule has 0 fully saturated rings. The van der Waals surface area contributed by atoms with Crippen molar-refractivity contribution in [2.45, 2.75) is 6.92 Å². The van der Waals surface area contributed by atoms with Crippen molar-refractivity contribution in [1.82, 2.24) is 0 Å². The highest BCUT2D eigenvalue weighted by atomic mass is 79.9. The predicted octanol–water partition coefficient (Wildman–Crippen LogP) is 4.47. The Kier molecular flexibility index (Phi) is 4.33. The van der Waals surface area contributed by atoms with Crippen molar-refractivity contribution in [1.29, 1.82) is 0 Å². The van der Waals surface area contributed by atoms with Gasteiger partial charge in [0.15, 0.2) is 0 Å². The summed E-state index contributed by atoms with van der Waals surface area (Å²) in [6.45, 7) is 1.99. The molecule has 0 saturated heterocycles. The maximum atomic E-state index is 11.8. The number of nitrogens with one attached hydrogen (secondary N) is 1. The van der Waals surface area contributed by atoms with Gasteiger partial charge >= 0.3 is 0 Å². The second-order valence-corrected chi connectivity index (χ2v) is 5.55. The van der Waals surface area contributed by atoms with Crippen molar-refractivity contribution in [3.8, 4) is 0 Å². The Labute approximate surface area is 118 Å². The molecule has 2 aromatic rings. The molecule has 1 aromatic heterocycles. The summed E-state index contributed by atoms with van der Waals surface area (Å²) in [6.07, 6.45) is 3.35. The molecule has 92 valence electrons. The standard InChI is InChI=1S/C14H12BrNOS/c1-10-4-2-6-12(14(10)15)16-13(17)8-7-11-5-3-9-18-11/h2-9H,1H3,(H,16,17)/b8-7+. The summed E-state index contributed by atoms with van der Waals surface area (Å²) in [4.78, 5) is 12.8. The first-order chi connectivity index (χ1) is 8.66. The van der Waals surface area contributed by atoms with Crippen LogP contribution >= 0.6 is 27.3 Å². The number of hydrogen-bond acceptors (Lipinski definition) is 2. The van der Waals surface area contributed by atoms with E-state index in [9.17, 15) is 4.79 Å². The molecule has 18 heavy (non-hydrogen) atoms. The highest BCUT2D eigenvalue weighted by Gasteiger charge is 2.04. The molecule has 1 heterocycles. The monoisotopic (exact) mass is 321 g/mol. The van der Waals surface area contributed by atoms with Gasteiger partial charge in [0, 0.05) is 15.4 Å². The van der Waals surface area contributed by atoms with E-state index in [1.54, 1.807) is 17.4 Å². The zero-order chi connectivity index (χ0) is 13.0. The summed E-state index contributed by atoms with van der Waals surface area (Å²) in [5.41, 5.74) is 1.88. The number of rotatable bonds is 3. The number of thiophene rings is 1. The zero-order valence-electron chi connectivity index (χ0n) is 9.81. The van der Waals surface area contributed by atoms with Crippen LogP contribution in [0.3, 0.4) is 0 Å². The number of aryl methyl sites for hydroxylation is 1. The first-order valence-corrected chi connectivity index (χ1v) is 7.12. The van der Waals surface area contributed by atoms with Gasteiger partial charge in [-0.25, -0.2) is 0 Å². The SMILES string of the molecule is Cc1cccc(NC(=O)/C=C/c2cccs2)c1Br. The van der Waals surface area contributed by atoms with Crippen LogP contribution in [0.5, 0.6) is 0 Å². The summed E-state index contributed by atoms with van der Waals surface area (Å²) in [7, 11) is 0. The van der Waals surface area contributed by atoms with E-state index >= 15 is 0 Å². The van der Waals surface area contributed by atoms with Crippen molar-refractivity contribution in [3.63, 3.8) is 0 Å². The quantitative estimate of drug-likeness (QED) is 0.830. The molecule has 0 aliphatic rings. The predicted molar refractivity (Wildman–Crippen MR) is 80.9 cm³/mol. The van der Waals surface area contributed by atoms with Gasteiger partial charge < -0.3 is 5.32 Å². The Morgan fingerprint density at radius 1 is 1.33 bits per heavy atom. The van der Waals surface area contributed by atoms with Crippen molar-refractivity contribution in [2.75, 3.05) is 5.32 Å². The van der Waals surface area contributed by atoms with Crippen LogP contribution in [0, 0.1) is 6.92 Å². The Morgan fingerprint density at radius 2 is 2.17 bits per heavy atom. The highest BCUT2D eigenvalue weighted by Crippen LogP contribution is 2.25. The second-order valence-electron chi connectivity index (χ2n) is 3.77. The van der Waals surface area contributed by atoms with Crippen LogP contribution in [0.1, 0.15) is 10.4 Å². The van der Waals surface area contributed by atoms with E-state index in [4.69, 9.17) is 0 Å². The second kappa shape index (κ2) is 5.98. The molecule has 2 rings (SSSR count). The molecular weight excluding hydrogens is 310 g/mol. The maximum Gasteiger partial charge on any atom is 0.248 e. The van der Waals surface area contributed by atoms with Crippen LogP contribution < -0.4 is 5.32 Å². The van der Waals surface area contributed by atoms with E-state index in [1.165, 1.54) is 0 Å². The molecule has 0 aliphatic carbocycles. The molecule has 0 spiro atoms. The Morgan fingerprint density at radius 3 is 2.89 bits per heavy atom. The fraction of sp³-hybridized carbons (Fsp3) is 0.0714. The maximum absolute atomic E-state index is 11.8. The average molecular weight is 322 g/mol. The number of halogens is 1. The lowest BCUT2D eigenvalue weighted by Crippen LogP contribution is -2.08. The molecule has 1 amide bonds. The molecular formula is C14H12BrNOS. The molecule has 1 aromatic carbocycles. The van der Waals surface area contributed by atoms with Gasteiger partial charge in [0.25, 0.3) is 0 Å². The summed E-state index contributed by atoms with van der Waals surface area (Å²) in [6, 6.07) is 9.70. The van der Waals surface area contributed by atoms with Gasteiger partial charge in [-0.2, -0.15) is 0 Å². The lowest BCUT2D eigenvalue weighted by Gasteiger charge is -2.06. The lowest BCUT2D eigenvalue weighted by molar-refractivity contribution is -0.111.